The number of rotatable bonds is 5. The predicted molar refractivity (Wildman–Crippen MR) is 132 cm³/mol. The zero-order chi connectivity index (χ0) is 23.9. The zero-order valence-electron chi connectivity index (χ0n) is 18.2. The first-order valence-corrected chi connectivity index (χ1v) is 12.9. The lowest BCUT2D eigenvalue weighted by Gasteiger charge is -2.38. The summed E-state index contributed by atoms with van der Waals surface area (Å²) in [6.07, 6.45) is 0.565. The fourth-order valence-electron chi connectivity index (χ4n) is 4.76. The van der Waals surface area contributed by atoms with Gasteiger partial charge in [-0.05, 0) is 53.9 Å². The van der Waals surface area contributed by atoms with E-state index in [-0.39, 0.29) is 17.2 Å². The van der Waals surface area contributed by atoms with Crippen LogP contribution < -0.4 is 5.32 Å². The van der Waals surface area contributed by atoms with E-state index in [2.05, 4.69) is 10.3 Å². The van der Waals surface area contributed by atoms with Gasteiger partial charge >= 0.3 is 0 Å². The van der Waals surface area contributed by atoms with Crippen LogP contribution in [-0.2, 0) is 21.9 Å². The minimum atomic E-state index is -3.77. The van der Waals surface area contributed by atoms with E-state index < -0.39 is 27.2 Å². The average molecular weight is 495 g/mol. The van der Waals surface area contributed by atoms with Gasteiger partial charge in [0.15, 0.2) is 9.84 Å². The van der Waals surface area contributed by atoms with Crippen molar-refractivity contribution in [3.8, 4) is 0 Å². The van der Waals surface area contributed by atoms with E-state index >= 15 is 0 Å². The van der Waals surface area contributed by atoms with Crippen molar-refractivity contribution in [3.63, 3.8) is 0 Å². The second-order valence-corrected chi connectivity index (χ2v) is 11.2. The minimum Gasteiger partial charge on any atom is -0.384 e. The average Bonchev–Trinajstić information content (AvgIpc) is 3.23. The van der Waals surface area contributed by atoms with Crippen LogP contribution in [0.2, 0.25) is 5.02 Å². The maximum absolute atomic E-state index is 13.1. The van der Waals surface area contributed by atoms with Gasteiger partial charge < -0.3 is 15.4 Å². The summed E-state index contributed by atoms with van der Waals surface area (Å²) in [5.74, 6) is -0.803. The van der Waals surface area contributed by atoms with E-state index in [4.69, 9.17) is 11.6 Å². The van der Waals surface area contributed by atoms with Gasteiger partial charge in [-0.25, -0.2) is 8.42 Å². The van der Waals surface area contributed by atoms with Crippen LogP contribution in [0.15, 0.2) is 83.8 Å². The van der Waals surface area contributed by atoms with Crippen LogP contribution in [0.3, 0.4) is 0 Å². The maximum Gasteiger partial charge on any atom is 0.267 e. The standard InChI is InChI=1S/C26H23ClN2O4S/c27-19-10-11-23-18(12-19)14-24(29-23)25(30)28-20-13-17-6-4-5-9-22(17)26(31,15-20)16-34(32,33)21-7-2-1-3-8-21/h1-12,14,20,29,31H,13,15-16H2,(H,28,30)/t20?,26-/m0/s1. The van der Waals surface area contributed by atoms with Gasteiger partial charge in [-0.1, -0.05) is 54.1 Å². The van der Waals surface area contributed by atoms with Crippen LogP contribution in [0.4, 0.5) is 0 Å². The topological polar surface area (TPSA) is 99.3 Å². The fourth-order valence-corrected chi connectivity index (χ4v) is 6.58. The molecule has 0 fully saturated rings. The van der Waals surface area contributed by atoms with Crippen LogP contribution in [0.1, 0.15) is 28.0 Å². The highest BCUT2D eigenvalue weighted by Crippen LogP contribution is 2.38. The summed E-state index contributed by atoms with van der Waals surface area (Å²) in [5.41, 5.74) is 0.911. The molecule has 3 aromatic carbocycles. The van der Waals surface area contributed by atoms with Crippen LogP contribution in [0, 0.1) is 0 Å². The normalized spacial score (nSPS) is 20.1. The second-order valence-electron chi connectivity index (χ2n) is 8.75. The molecule has 1 aromatic heterocycles. The van der Waals surface area contributed by atoms with Crippen molar-refractivity contribution in [2.75, 3.05) is 5.75 Å². The second kappa shape index (κ2) is 8.58. The Morgan fingerprint density at radius 2 is 1.79 bits per heavy atom. The number of H-pyrrole nitrogens is 1. The van der Waals surface area contributed by atoms with E-state index in [9.17, 15) is 18.3 Å². The summed E-state index contributed by atoms with van der Waals surface area (Å²) in [6, 6.07) is 21.9. The summed E-state index contributed by atoms with van der Waals surface area (Å²) in [5, 5.41) is 16.0. The number of fused-ring (bicyclic) bond motifs is 2. The van der Waals surface area contributed by atoms with E-state index in [1.165, 1.54) is 12.1 Å². The van der Waals surface area contributed by atoms with Crippen molar-refractivity contribution >= 4 is 38.2 Å². The molecule has 1 aliphatic rings. The molecule has 5 rings (SSSR count). The Labute approximate surface area is 202 Å². The Morgan fingerprint density at radius 3 is 2.59 bits per heavy atom. The molecule has 2 atom stereocenters. The number of nitrogens with one attached hydrogen (secondary N) is 2. The molecule has 1 aliphatic carbocycles. The largest absolute Gasteiger partial charge is 0.384 e. The Morgan fingerprint density at radius 1 is 1.06 bits per heavy atom. The number of hydrogen-bond acceptors (Lipinski definition) is 4. The molecule has 0 radical (unpaired) electrons. The van der Waals surface area contributed by atoms with E-state index in [0.29, 0.717) is 22.7 Å². The third kappa shape index (κ3) is 4.34. The van der Waals surface area contributed by atoms with Crippen molar-refractivity contribution in [2.24, 2.45) is 0 Å². The summed E-state index contributed by atoms with van der Waals surface area (Å²) >= 11 is 6.05. The van der Waals surface area contributed by atoms with Gasteiger partial charge in [0, 0.05) is 28.4 Å². The third-order valence-electron chi connectivity index (χ3n) is 6.26. The number of sulfone groups is 1. The van der Waals surface area contributed by atoms with Gasteiger partial charge in [-0.3, -0.25) is 4.79 Å². The van der Waals surface area contributed by atoms with E-state index in [1.54, 1.807) is 54.6 Å². The highest BCUT2D eigenvalue weighted by molar-refractivity contribution is 7.91. The third-order valence-corrected chi connectivity index (χ3v) is 8.35. The number of aromatic nitrogens is 1. The molecular weight excluding hydrogens is 472 g/mol. The fraction of sp³-hybridized carbons (Fsp3) is 0.192. The first-order chi connectivity index (χ1) is 16.2. The molecule has 3 N–H and O–H groups in total. The Bertz CT molecular complexity index is 1480. The summed E-state index contributed by atoms with van der Waals surface area (Å²) in [4.78, 5) is 16.3. The van der Waals surface area contributed by atoms with Crippen LogP contribution in [0.25, 0.3) is 10.9 Å². The van der Waals surface area contributed by atoms with Crippen LogP contribution in [-0.4, -0.2) is 36.2 Å². The van der Waals surface area contributed by atoms with E-state index in [1.807, 2.05) is 12.1 Å². The summed E-state index contributed by atoms with van der Waals surface area (Å²) in [6.45, 7) is 0. The molecule has 0 saturated carbocycles. The monoisotopic (exact) mass is 494 g/mol. The Balaban J connectivity index is 1.43. The molecule has 0 aliphatic heterocycles. The molecule has 1 unspecified atom stereocenters. The highest BCUT2D eigenvalue weighted by Gasteiger charge is 2.43. The van der Waals surface area contributed by atoms with Gasteiger partial charge in [0.1, 0.15) is 11.3 Å². The van der Waals surface area contributed by atoms with Crippen molar-refractivity contribution in [1.82, 2.24) is 10.3 Å². The molecule has 4 aromatic rings. The molecular formula is C26H23ClN2O4S. The lowest BCUT2D eigenvalue weighted by atomic mass is 9.77. The number of hydrogen-bond donors (Lipinski definition) is 3. The Kier molecular flexibility index (Phi) is 5.72. The lowest BCUT2D eigenvalue weighted by molar-refractivity contribution is 0.0310. The highest BCUT2D eigenvalue weighted by atomic mass is 35.5. The van der Waals surface area contributed by atoms with Crippen LogP contribution >= 0.6 is 11.6 Å². The smallest absolute Gasteiger partial charge is 0.267 e. The van der Waals surface area contributed by atoms with Crippen molar-refractivity contribution in [2.45, 2.75) is 29.4 Å². The molecule has 1 amide bonds. The molecule has 0 bridgehead atoms. The number of aromatic amines is 1. The lowest BCUT2D eigenvalue weighted by Crippen LogP contribution is -2.49. The minimum absolute atomic E-state index is 0.0773. The summed E-state index contributed by atoms with van der Waals surface area (Å²) < 4.78 is 26.3. The van der Waals surface area contributed by atoms with Crippen molar-refractivity contribution < 1.29 is 18.3 Å². The van der Waals surface area contributed by atoms with Gasteiger partial charge in [-0.2, -0.15) is 0 Å². The molecule has 0 saturated heterocycles. The van der Waals surface area contributed by atoms with Crippen LogP contribution in [0.5, 0.6) is 0 Å². The molecule has 0 spiro atoms. The molecule has 8 heteroatoms. The number of carbonyl (C=O) groups is 1. The van der Waals surface area contributed by atoms with Crippen molar-refractivity contribution in [1.29, 1.82) is 0 Å². The quantitative estimate of drug-likeness (QED) is 0.386. The zero-order valence-corrected chi connectivity index (χ0v) is 19.7. The van der Waals surface area contributed by atoms with Gasteiger partial charge in [0.2, 0.25) is 0 Å². The first kappa shape index (κ1) is 22.7. The van der Waals surface area contributed by atoms with Crippen molar-refractivity contribution in [3.05, 3.63) is 101 Å². The molecule has 174 valence electrons. The predicted octanol–water partition coefficient (Wildman–Crippen LogP) is 4.23. The van der Waals surface area contributed by atoms with Gasteiger partial charge in [-0.15, -0.1) is 0 Å². The maximum atomic E-state index is 13.1. The van der Waals surface area contributed by atoms with E-state index in [0.717, 1.165) is 16.5 Å². The number of halogens is 1. The summed E-state index contributed by atoms with van der Waals surface area (Å²) in [7, 11) is -3.77. The number of amides is 1. The van der Waals surface area contributed by atoms with Gasteiger partial charge in [0.05, 0.1) is 10.6 Å². The molecule has 6 nitrogen and oxygen atoms in total. The number of aliphatic hydroxyl groups is 1. The first-order valence-electron chi connectivity index (χ1n) is 10.9. The number of carbonyl (C=O) groups excluding carboxylic acids is 1. The SMILES string of the molecule is O=C(NC1Cc2ccccc2[C@@](O)(CS(=O)(=O)c2ccccc2)C1)c1cc2cc(Cl)ccc2[nH]1. The van der Waals surface area contributed by atoms with Gasteiger partial charge in [0.25, 0.3) is 5.91 Å². The molecule has 34 heavy (non-hydrogen) atoms. The number of benzene rings is 3. The Hall–Kier alpha value is -3.13. The molecule has 1 heterocycles.